The van der Waals surface area contributed by atoms with Crippen molar-refractivity contribution in [2.75, 3.05) is 33.6 Å². The number of cyclic esters (lactones) is 1. The van der Waals surface area contributed by atoms with E-state index < -0.39 is 108 Å². The van der Waals surface area contributed by atoms with Gasteiger partial charge in [0.25, 0.3) is 0 Å². The Morgan fingerprint density at radius 3 is 2.20 bits per heavy atom. The number of aliphatic hydroxyl groups is 4. The van der Waals surface area contributed by atoms with Crippen molar-refractivity contribution in [3.05, 3.63) is 30.3 Å². The molecule has 64 heavy (non-hydrogen) atoms. The van der Waals surface area contributed by atoms with Gasteiger partial charge in [0.1, 0.15) is 30.0 Å². The third-order valence-corrected chi connectivity index (χ3v) is 14.4. The van der Waals surface area contributed by atoms with E-state index in [4.69, 9.17) is 38.0 Å². The van der Waals surface area contributed by atoms with Gasteiger partial charge in [0, 0.05) is 54.9 Å². The molecule has 3 aliphatic heterocycles. The van der Waals surface area contributed by atoms with E-state index in [9.17, 15) is 30.0 Å². The Bertz CT molecular complexity index is 1670. The second kappa shape index (κ2) is 23.1. The molecule has 4 N–H and O–H groups in total. The fourth-order valence-corrected chi connectivity index (χ4v) is 10.6. The number of rotatable bonds is 13. The topological polar surface area (TPSA) is 204 Å². The molecule has 366 valence electrons. The SMILES string of the molecule is CC[C@H]1OC(=O)[C@H](C)[C@@H](O[C@H]2C[C@@](C)(OC)[C@@H](OC(C)=O)[C@H](C)O2)[C@H](C)[C@@H](O[C@@H]2O[C@H](C)C[C@H](N(C)C)[C@H]2O)C(C)(O)C[C@@H](C)/C(=N\OCCSc2ccccc2)[C@H](C)[C@@H](O)[C@]1(C)O. The summed E-state index contributed by atoms with van der Waals surface area (Å²) in [5, 5.41) is 53.4. The van der Waals surface area contributed by atoms with Crippen LogP contribution in [0.15, 0.2) is 40.4 Å². The van der Waals surface area contributed by atoms with E-state index >= 15 is 0 Å². The summed E-state index contributed by atoms with van der Waals surface area (Å²) in [6.07, 6.45) is -9.34. The minimum atomic E-state index is -1.96. The molecular formula is C47H78N2O14S. The molecule has 0 aromatic heterocycles. The van der Waals surface area contributed by atoms with Gasteiger partial charge >= 0.3 is 11.9 Å². The van der Waals surface area contributed by atoms with Crippen molar-refractivity contribution in [3.8, 4) is 0 Å². The van der Waals surface area contributed by atoms with Gasteiger partial charge in [0.05, 0.1) is 47.8 Å². The van der Waals surface area contributed by atoms with Gasteiger partial charge < -0.3 is 63.3 Å². The van der Waals surface area contributed by atoms with Crippen LogP contribution in [0.5, 0.6) is 0 Å². The highest BCUT2D eigenvalue weighted by Gasteiger charge is 2.54. The third-order valence-electron chi connectivity index (χ3n) is 13.5. The van der Waals surface area contributed by atoms with Gasteiger partial charge in [-0.1, -0.05) is 51.0 Å². The van der Waals surface area contributed by atoms with Gasteiger partial charge in [-0.05, 0) is 87.0 Å². The lowest BCUT2D eigenvalue weighted by Crippen LogP contribution is -2.61. The fraction of sp³-hybridized carbons (Fsp3) is 0.809. The van der Waals surface area contributed by atoms with E-state index in [1.165, 1.54) is 21.0 Å². The quantitative estimate of drug-likeness (QED) is 0.0894. The molecule has 16 nitrogen and oxygen atoms in total. The van der Waals surface area contributed by atoms with Gasteiger partial charge in [-0.15, -0.1) is 11.8 Å². The van der Waals surface area contributed by atoms with Crippen LogP contribution in [0, 0.1) is 23.7 Å². The fourth-order valence-electron chi connectivity index (χ4n) is 9.81. The zero-order valence-electron chi connectivity index (χ0n) is 40.5. The second-order valence-corrected chi connectivity index (χ2v) is 20.3. The summed E-state index contributed by atoms with van der Waals surface area (Å²) in [6, 6.07) is 9.54. The monoisotopic (exact) mass is 927 g/mol. The molecule has 3 saturated heterocycles. The first-order chi connectivity index (χ1) is 29.9. The predicted molar refractivity (Wildman–Crippen MR) is 241 cm³/mol. The van der Waals surface area contributed by atoms with E-state index in [2.05, 4.69) is 5.16 Å². The highest BCUT2D eigenvalue weighted by Crippen LogP contribution is 2.41. The summed E-state index contributed by atoms with van der Waals surface area (Å²) in [5.41, 5.74) is -4.43. The van der Waals surface area contributed by atoms with Gasteiger partial charge in [-0.2, -0.15) is 0 Å². The predicted octanol–water partition coefficient (Wildman–Crippen LogP) is 4.95. The van der Waals surface area contributed by atoms with E-state index in [1.807, 2.05) is 63.2 Å². The van der Waals surface area contributed by atoms with Crippen LogP contribution < -0.4 is 0 Å². The Labute approximate surface area is 385 Å². The van der Waals surface area contributed by atoms with Crippen molar-refractivity contribution in [2.24, 2.45) is 28.8 Å². The van der Waals surface area contributed by atoms with Crippen LogP contribution in [0.3, 0.4) is 0 Å². The van der Waals surface area contributed by atoms with Crippen LogP contribution in [-0.2, 0) is 47.6 Å². The molecular weight excluding hydrogens is 849 g/mol. The summed E-state index contributed by atoms with van der Waals surface area (Å²) in [7, 11) is 5.24. The van der Waals surface area contributed by atoms with E-state index in [0.29, 0.717) is 17.9 Å². The van der Waals surface area contributed by atoms with Gasteiger partial charge in [-0.25, -0.2) is 0 Å². The Morgan fingerprint density at radius 1 is 0.953 bits per heavy atom. The summed E-state index contributed by atoms with van der Waals surface area (Å²) >= 11 is 1.60. The number of hydrogen-bond acceptors (Lipinski definition) is 17. The summed E-state index contributed by atoms with van der Waals surface area (Å²) in [4.78, 5) is 35.5. The summed E-state index contributed by atoms with van der Waals surface area (Å²) in [6.45, 7) is 18.7. The molecule has 3 heterocycles. The zero-order chi connectivity index (χ0) is 47.9. The maximum Gasteiger partial charge on any atom is 0.311 e. The first-order valence-electron chi connectivity index (χ1n) is 22.8. The Hall–Kier alpha value is -2.42. The number of benzene rings is 1. The number of hydrogen-bond donors (Lipinski definition) is 4. The number of aliphatic hydroxyl groups excluding tert-OH is 2. The van der Waals surface area contributed by atoms with Crippen molar-refractivity contribution in [1.29, 1.82) is 0 Å². The third kappa shape index (κ3) is 13.2. The van der Waals surface area contributed by atoms with Crippen molar-refractivity contribution in [2.45, 2.75) is 191 Å². The minimum absolute atomic E-state index is 0.0107. The number of esters is 2. The number of oxime groups is 1. The molecule has 0 radical (unpaired) electrons. The first kappa shape index (κ1) is 54.2. The van der Waals surface area contributed by atoms with Crippen LogP contribution >= 0.6 is 11.8 Å². The van der Waals surface area contributed by atoms with Gasteiger partial charge in [-0.3, -0.25) is 9.59 Å². The number of carbonyl (C=O) groups excluding carboxylic acids is 2. The second-order valence-electron chi connectivity index (χ2n) is 19.2. The molecule has 3 fully saturated rings. The number of carbonyl (C=O) groups is 2. The average Bonchev–Trinajstić information content (AvgIpc) is 3.22. The molecule has 0 amide bonds. The smallest absolute Gasteiger partial charge is 0.311 e. The normalized spacial score (nSPS) is 42.5. The highest BCUT2D eigenvalue weighted by molar-refractivity contribution is 7.99. The van der Waals surface area contributed by atoms with Crippen LogP contribution in [0.1, 0.15) is 102 Å². The van der Waals surface area contributed by atoms with E-state index in [1.54, 1.807) is 60.2 Å². The number of nitrogens with zero attached hydrogens (tertiary/aromatic N) is 2. The first-order valence-corrected chi connectivity index (χ1v) is 23.8. The molecule has 4 rings (SSSR count). The van der Waals surface area contributed by atoms with Crippen molar-refractivity contribution < 1.29 is 68.0 Å². The largest absolute Gasteiger partial charge is 0.459 e. The lowest BCUT2D eigenvalue weighted by Gasteiger charge is -2.49. The molecule has 0 aliphatic carbocycles. The van der Waals surface area contributed by atoms with Crippen LogP contribution in [-0.4, -0.2) is 161 Å². The Kier molecular flexibility index (Phi) is 19.5. The van der Waals surface area contributed by atoms with Gasteiger partial charge in [0.2, 0.25) is 0 Å². The molecule has 18 atom stereocenters. The molecule has 3 aliphatic rings. The maximum atomic E-state index is 14.5. The number of ether oxygens (including phenoxy) is 7. The molecule has 1 aromatic rings. The van der Waals surface area contributed by atoms with Crippen LogP contribution in [0.2, 0.25) is 0 Å². The van der Waals surface area contributed by atoms with E-state index in [0.717, 1.165) is 4.90 Å². The number of thioether (sulfide) groups is 1. The molecule has 1 unspecified atom stereocenters. The standard InChI is InChI=1S/C47H78N2O14S/c1-15-35-47(11,55)40(52)28(4)37(48-57-21-22-64-33-19-17-16-18-20-33)26(2)24-45(9,54)41(63-44-38(51)34(49(12)13)23-27(3)58-44)29(5)39(30(6)43(53)61-35)62-36-25-46(10,56-14)42(31(7)59-36)60-32(8)50/h16-20,26-31,34-36,38-42,44,51-52,54-55H,15,21-25H2,1-14H3/b48-37+/t26-,27-,28+,29+,30-,31+,34+,35-,36+,38-,39+,40-,41-,42+,44+,45?,46-,47-/m1/s1. The number of likely N-dealkylation sites (N-methyl/N-ethyl adjacent to an activating group) is 1. The van der Waals surface area contributed by atoms with Crippen LogP contribution in [0.25, 0.3) is 0 Å². The zero-order valence-corrected chi connectivity index (χ0v) is 41.3. The van der Waals surface area contributed by atoms with Crippen LogP contribution in [0.4, 0.5) is 0 Å². The van der Waals surface area contributed by atoms with Gasteiger partial charge in [0.15, 0.2) is 18.7 Å². The summed E-state index contributed by atoms with van der Waals surface area (Å²) in [5.74, 6) is -4.04. The minimum Gasteiger partial charge on any atom is -0.459 e. The van der Waals surface area contributed by atoms with Crippen molar-refractivity contribution in [3.63, 3.8) is 0 Å². The molecule has 0 spiro atoms. The molecule has 1 aromatic carbocycles. The van der Waals surface area contributed by atoms with E-state index in [-0.39, 0.29) is 38.0 Å². The molecule has 17 heteroatoms. The average molecular weight is 927 g/mol. The maximum absolute atomic E-state index is 14.5. The Balaban J connectivity index is 1.83. The molecule has 0 bridgehead atoms. The highest BCUT2D eigenvalue weighted by atomic mass is 32.2. The van der Waals surface area contributed by atoms with Crippen molar-refractivity contribution >= 4 is 29.4 Å². The number of methoxy groups -OCH3 is 1. The summed E-state index contributed by atoms with van der Waals surface area (Å²) < 4.78 is 44.0. The lowest BCUT2D eigenvalue weighted by atomic mass is 9.73. The Morgan fingerprint density at radius 2 is 1.61 bits per heavy atom. The lowest BCUT2D eigenvalue weighted by molar-refractivity contribution is -0.318. The molecule has 0 saturated carbocycles. The van der Waals surface area contributed by atoms with Crippen molar-refractivity contribution in [1.82, 2.24) is 4.90 Å².